The van der Waals surface area contributed by atoms with Crippen LogP contribution in [0.5, 0.6) is 0 Å². The zero-order chi connectivity index (χ0) is 17.2. The van der Waals surface area contributed by atoms with Crippen LogP contribution in [0.1, 0.15) is 10.5 Å². The molecular weight excluding hydrogens is 336 g/mol. The van der Waals surface area contributed by atoms with Crippen molar-refractivity contribution in [3.8, 4) is 11.1 Å². The first kappa shape index (κ1) is 15.4. The fraction of sp³-hybridized carbons (Fsp3) is 0. The first-order chi connectivity index (χ1) is 12.2. The lowest BCUT2D eigenvalue weighted by molar-refractivity contribution is 0.102. The summed E-state index contributed by atoms with van der Waals surface area (Å²) in [7, 11) is 0. The molecule has 6 heteroatoms. The first-order valence-corrected chi connectivity index (χ1v) is 8.03. The Labute approximate surface area is 148 Å². The number of carbonyl (C=O) groups is 1. The highest BCUT2D eigenvalue weighted by Gasteiger charge is 2.14. The van der Waals surface area contributed by atoms with Gasteiger partial charge in [-0.25, -0.2) is 4.98 Å². The predicted octanol–water partition coefficient (Wildman–Crippen LogP) is 4.30. The van der Waals surface area contributed by atoms with E-state index in [2.05, 4.69) is 15.3 Å². The van der Waals surface area contributed by atoms with E-state index in [-0.39, 0.29) is 5.91 Å². The maximum atomic E-state index is 12.6. The third-order valence-electron chi connectivity index (χ3n) is 3.87. The molecule has 4 rings (SSSR count). The summed E-state index contributed by atoms with van der Waals surface area (Å²) in [6.07, 6.45) is 6.91. The van der Waals surface area contributed by atoms with Crippen LogP contribution in [0.2, 0.25) is 5.02 Å². The SMILES string of the molecule is O=C(Nc1ccccc1Cl)c1cnc2ccc(-c3ccncc3)cn12. The molecule has 0 saturated heterocycles. The Balaban J connectivity index is 1.72. The smallest absolute Gasteiger partial charge is 0.274 e. The summed E-state index contributed by atoms with van der Waals surface area (Å²) in [5.74, 6) is -0.271. The molecule has 0 radical (unpaired) electrons. The first-order valence-electron chi connectivity index (χ1n) is 7.66. The number of amides is 1. The van der Waals surface area contributed by atoms with Gasteiger partial charge < -0.3 is 5.32 Å². The molecule has 0 fully saturated rings. The van der Waals surface area contributed by atoms with E-state index in [0.29, 0.717) is 22.1 Å². The average Bonchev–Trinajstić information content (AvgIpc) is 3.07. The van der Waals surface area contributed by atoms with Gasteiger partial charge in [0.1, 0.15) is 11.3 Å². The molecule has 4 aromatic rings. The number of hydrogen-bond acceptors (Lipinski definition) is 3. The monoisotopic (exact) mass is 348 g/mol. The topological polar surface area (TPSA) is 59.3 Å². The quantitative estimate of drug-likeness (QED) is 0.600. The molecule has 0 atom stereocenters. The van der Waals surface area contributed by atoms with Crippen LogP contribution >= 0.6 is 11.6 Å². The van der Waals surface area contributed by atoms with Crippen molar-refractivity contribution in [2.45, 2.75) is 0 Å². The number of imidazole rings is 1. The second-order valence-corrected chi connectivity index (χ2v) is 5.87. The fourth-order valence-corrected chi connectivity index (χ4v) is 2.80. The number of fused-ring (bicyclic) bond motifs is 1. The van der Waals surface area contributed by atoms with Gasteiger partial charge in [-0.2, -0.15) is 0 Å². The summed E-state index contributed by atoms with van der Waals surface area (Å²) < 4.78 is 1.77. The Morgan fingerprint density at radius 2 is 1.80 bits per heavy atom. The molecule has 0 aliphatic carbocycles. The Kier molecular flexibility index (Phi) is 3.91. The maximum Gasteiger partial charge on any atom is 0.274 e. The van der Waals surface area contributed by atoms with Gasteiger partial charge in [0, 0.05) is 18.6 Å². The van der Waals surface area contributed by atoms with E-state index in [1.54, 1.807) is 35.1 Å². The summed E-state index contributed by atoms with van der Waals surface area (Å²) in [6, 6.07) is 14.8. The van der Waals surface area contributed by atoms with Crippen LogP contribution < -0.4 is 5.32 Å². The van der Waals surface area contributed by atoms with E-state index in [0.717, 1.165) is 11.1 Å². The zero-order valence-corrected chi connectivity index (χ0v) is 13.8. The highest BCUT2D eigenvalue weighted by atomic mass is 35.5. The molecule has 1 N–H and O–H groups in total. The number of benzene rings is 1. The Morgan fingerprint density at radius 1 is 1.00 bits per heavy atom. The molecule has 25 heavy (non-hydrogen) atoms. The van der Waals surface area contributed by atoms with Crippen molar-refractivity contribution in [3.63, 3.8) is 0 Å². The van der Waals surface area contributed by atoms with Crippen molar-refractivity contribution >= 4 is 28.8 Å². The van der Waals surface area contributed by atoms with E-state index < -0.39 is 0 Å². The van der Waals surface area contributed by atoms with Gasteiger partial charge in [0.25, 0.3) is 5.91 Å². The number of para-hydroxylation sites is 1. The van der Waals surface area contributed by atoms with Crippen molar-refractivity contribution in [2.24, 2.45) is 0 Å². The van der Waals surface area contributed by atoms with E-state index in [9.17, 15) is 4.79 Å². The summed E-state index contributed by atoms with van der Waals surface area (Å²) in [6.45, 7) is 0. The number of nitrogens with zero attached hydrogens (tertiary/aromatic N) is 3. The largest absolute Gasteiger partial charge is 0.319 e. The van der Waals surface area contributed by atoms with Gasteiger partial charge in [-0.3, -0.25) is 14.2 Å². The predicted molar refractivity (Wildman–Crippen MR) is 97.8 cm³/mol. The standard InChI is InChI=1S/C19H13ClN4O/c20-15-3-1-2-4-16(15)23-19(25)17-11-22-18-6-5-14(12-24(17)18)13-7-9-21-10-8-13/h1-12H,(H,23,25). The molecule has 0 bridgehead atoms. The van der Waals surface area contributed by atoms with Crippen molar-refractivity contribution in [2.75, 3.05) is 5.32 Å². The summed E-state index contributed by atoms with van der Waals surface area (Å²) >= 11 is 6.11. The number of halogens is 1. The van der Waals surface area contributed by atoms with Crippen molar-refractivity contribution < 1.29 is 4.79 Å². The van der Waals surface area contributed by atoms with Crippen LogP contribution in [0, 0.1) is 0 Å². The van der Waals surface area contributed by atoms with Gasteiger partial charge in [-0.1, -0.05) is 23.7 Å². The second-order valence-electron chi connectivity index (χ2n) is 5.46. The fourth-order valence-electron chi connectivity index (χ4n) is 2.61. The second kappa shape index (κ2) is 6.37. The minimum absolute atomic E-state index is 0.271. The van der Waals surface area contributed by atoms with E-state index >= 15 is 0 Å². The Morgan fingerprint density at radius 3 is 2.60 bits per heavy atom. The molecule has 5 nitrogen and oxygen atoms in total. The Hall–Kier alpha value is -3.18. The van der Waals surface area contributed by atoms with Crippen molar-refractivity contribution in [1.29, 1.82) is 0 Å². The third kappa shape index (κ3) is 2.97. The Bertz CT molecular complexity index is 1060. The van der Waals surface area contributed by atoms with Gasteiger partial charge in [0.15, 0.2) is 0 Å². The summed E-state index contributed by atoms with van der Waals surface area (Å²) in [5, 5.41) is 3.31. The summed E-state index contributed by atoms with van der Waals surface area (Å²) in [5.41, 5.74) is 3.69. The molecule has 0 unspecified atom stereocenters. The molecule has 3 heterocycles. The van der Waals surface area contributed by atoms with Crippen LogP contribution in [0.4, 0.5) is 5.69 Å². The van der Waals surface area contributed by atoms with Gasteiger partial charge in [0.05, 0.1) is 16.9 Å². The number of carbonyl (C=O) groups excluding carboxylic acids is 1. The van der Waals surface area contributed by atoms with Crippen LogP contribution in [0.15, 0.2) is 73.3 Å². The molecular formula is C19H13ClN4O. The summed E-state index contributed by atoms with van der Waals surface area (Å²) in [4.78, 5) is 21.0. The van der Waals surface area contributed by atoms with E-state index in [1.165, 1.54) is 0 Å². The number of rotatable bonds is 3. The van der Waals surface area contributed by atoms with Crippen LogP contribution in [0.25, 0.3) is 16.8 Å². The number of aromatic nitrogens is 3. The molecule has 1 aromatic carbocycles. The highest BCUT2D eigenvalue weighted by Crippen LogP contribution is 2.23. The molecule has 0 spiro atoms. The van der Waals surface area contributed by atoms with Crippen LogP contribution in [-0.4, -0.2) is 20.3 Å². The lowest BCUT2D eigenvalue weighted by atomic mass is 10.1. The van der Waals surface area contributed by atoms with Crippen molar-refractivity contribution in [3.05, 3.63) is 84.0 Å². The molecule has 0 aliphatic heterocycles. The molecule has 0 saturated carbocycles. The minimum atomic E-state index is -0.271. The highest BCUT2D eigenvalue weighted by molar-refractivity contribution is 6.33. The van der Waals surface area contributed by atoms with Gasteiger partial charge in [0.2, 0.25) is 0 Å². The number of hydrogen-bond donors (Lipinski definition) is 1. The zero-order valence-electron chi connectivity index (χ0n) is 13.1. The lowest BCUT2D eigenvalue weighted by Crippen LogP contribution is -2.14. The van der Waals surface area contributed by atoms with Crippen LogP contribution in [-0.2, 0) is 0 Å². The van der Waals surface area contributed by atoms with Crippen LogP contribution in [0.3, 0.4) is 0 Å². The number of pyridine rings is 2. The van der Waals surface area contributed by atoms with E-state index in [4.69, 9.17) is 11.6 Å². The molecule has 122 valence electrons. The average molecular weight is 349 g/mol. The van der Waals surface area contributed by atoms with Gasteiger partial charge in [-0.05, 0) is 47.5 Å². The number of nitrogens with one attached hydrogen (secondary N) is 1. The third-order valence-corrected chi connectivity index (χ3v) is 4.20. The molecule has 1 amide bonds. The molecule has 3 aromatic heterocycles. The van der Waals surface area contributed by atoms with Crippen molar-refractivity contribution in [1.82, 2.24) is 14.4 Å². The van der Waals surface area contributed by atoms with Gasteiger partial charge >= 0.3 is 0 Å². The van der Waals surface area contributed by atoms with E-state index in [1.807, 2.05) is 42.6 Å². The van der Waals surface area contributed by atoms with Gasteiger partial charge in [-0.15, -0.1) is 0 Å². The number of anilines is 1. The molecule has 0 aliphatic rings. The maximum absolute atomic E-state index is 12.6. The normalized spacial score (nSPS) is 10.8. The lowest BCUT2D eigenvalue weighted by Gasteiger charge is -2.08. The minimum Gasteiger partial charge on any atom is -0.319 e.